The maximum absolute atomic E-state index is 6.14. The fraction of sp³-hybridized carbons (Fsp3) is 0.333. The minimum Gasteiger partial charge on any atom is -0.496 e. The van der Waals surface area contributed by atoms with Crippen molar-refractivity contribution in [1.82, 2.24) is 5.32 Å². The first-order valence-corrected chi connectivity index (χ1v) is 8.49. The van der Waals surface area contributed by atoms with Crippen LogP contribution in [0.4, 0.5) is 0 Å². The van der Waals surface area contributed by atoms with Gasteiger partial charge in [-0.3, -0.25) is 0 Å². The predicted molar refractivity (Wildman–Crippen MR) is 90.1 cm³/mol. The third kappa shape index (κ3) is 3.76. The van der Waals surface area contributed by atoms with Gasteiger partial charge in [0.05, 0.1) is 7.11 Å². The Kier molecular flexibility index (Phi) is 5.90. The summed E-state index contributed by atoms with van der Waals surface area (Å²) in [6, 6.07) is 8.02. The number of rotatable bonds is 6. The molecule has 1 atom stereocenters. The molecule has 1 heterocycles. The Bertz CT molecular complexity index is 573. The van der Waals surface area contributed by atoms with E-state index >= 15 is 0 Å². The zero-order valence-electron chi connectivity index (χ0n) is 11.5. The molecule has 20 heavy (non-hydrogen) atoms. The van der Waals surface area contributed by atoms with Gasteiger partial charge in [0.2, 0.25) is 0 Å². The molecule has 0 aliphatic rings. The monoisotopic (exact) mass is 373 g/mol. The number of hydrogen-bond acceptors (Lipinski definition) is 3. The molecule has 5 heteroatoms. The first-order valence-electron chi connectivity index (χ1n) is 6.44. The fourth-order valence-electron chi connectivity index (χ4n) is 2.17. The zero-order chi connectivity index (χ0) is 14.5. The van der Waals surface area contributed by atoms with Crippen LogP contribution >= 0.6 is 38.9 Å². The average molecular weight is 375 g/mol. The van der Waals surface area contributed by atoms with Crippen LogP contribution in [-0.4, -0.2) is 13.7 Å². The van der Waals surface area contributed by atoms with Crippen molar-refractivity contribution in [3.8, 4) is 5.75 Å². The molecule has 0 spiro atoms. The highest BCUT2D eigenvalue weighted by atomic mass is 79.9. The lowest BCUT2D eigenvalue weighted by Crippen LogP contribution is -2.23. The third-order valence-electron chi connectivity index (χ3n) is 3.10. The third-order valence-corrected chi connectivity index (χ3v) is 5.28. The van der Waals surface area contributed by atoms with E-state index in [1.54, 1.807) is 18.4 Å². The Labute approximate surface area is 137 Å². The van der Waals surface area contributed by atoms with Crippen LogP contribution < -0.4 is 10.1 Å². The van der Waals surface area contributed by atoms with Crippen LogP contribution in [0.5, 0.6) is 5.75 Å². The Morgan fingerprint density at radius 2 is 2.20 bits per heavy atom. The Morgan fingerprint density at radius 3 is 2.80 bits per heavy atom. The predicted octanol–water partition coefficient (Wildman–Crippen LogP) is 5.07. The molecule has 1 aromatic heterocycles. The molecule has 0 aliphatic carbocycles. The van der Waals surface area contributed by atoms with Gasteiger partial charge < -0.3 is 10.1 Å². The normalized spacial score (nSPS) is 12.4. The molecular formula is C15H17BrClNOS. The van der Waals surface area contributed by atoms with Gasteiger partial charge in [0.15, 0.2) is 0 Å². The lowest BCUT2D eigenvalue weighted by Gasteiger charge is -2.21. The van der Waals surface area contributed by atoms with Gasteiger partial charge in [-0.05, 0) is 52.1 Å². The maximum atomic E-state index is 6.14. The number of likely N-dealkylation sites (N-methyl/N-ethyl adjacent to an activating group) is 1. The smallest absolute Gasteiger partial charge is 0.123 e. The first kappa shape index (κ1) is 15.8. The summed E-state index contributed by atoms with van der Waals surface area (Å²) < 4.78 is 6.63. The van der Waals surface area contributed by atoms with Crippen LogP contribution in [0, 0.1) is 0 Å². The van der Waals surface area contributed by atoms with E-state index in [9.17, 15) is 0 Å². The van der Waals surface area contributed by atoms with Gasteiger partial charge in [-0.15, -0.1) is 11.3 Å². The molecule has 2 aromatic rings. The van der Waals surface area contributed by atoms with Crippen molar-refractivity contribution >= 4 is 38.9 Å². The summed E-state index contributed by atoms with van der Waals surface area (Å²) in [5.41, 5.74) is 1.10. The molecule has 1 unspecified atom stereocenters. The number of nitrogens with one attached hydrogen (secondary N) is 1. The van der Waals surface area contributed by atoms with E-state index in [0.29, 0.717) is 0 Å². The van der Waals surface area contributed by atoms with Crippen molar-refractivity contribution in [3.05, 3.63) is 49.6 Å². The fourth-order valence-corrected chi connectivity index (χ4v) is 3.91. The molecule has 0 bridgehead atoms. The van der Waals surface area contributed by atoms with E-state index in [-0.39, 0.29) is 6.04 Å². The van der Waals surface area contributed by atoms with Crippen molar-refractivity contribution < 1.29 is 4.74 Å². The number of hydrogen-bond donors (Lipinski definition) is 1. The quantitative estimate of drug-likeness (QED) is 0.762. The summed E-state index contributed by atoms with van der Waals surface area (Å²) in [4.78, 5) is 1.32. The summed E-state index contributed by atoms with van der Waals surface area (Å²) in [5.74, 6) is 0.869. The summed E-state index contributed by atoms with van der Waals surface area (Å²) in [5, 5.41) is 6.34. The van der Waals surface area contributed by atoms with Gasteiger partial charge in [0.25, 0.3) is 0 Å². The maximum Gasteiger partial charge on any atom is 0.123 e. The lowest BCUT2D eigenvalue weighted by atomic mass is 10.0. The molecule has 2 rings (SSSR count). The van der Waals surface area contributed by atoms with Crippen LogP contribution in [0.2, 0.25) is 5.02 Å². The van der Waals surface area contributed by atoms with E-state index in [2.05, 4.69) is 39.6 Å². The minimum absolute atomic E-state index is 0.184. The second kappa shape index (κ2) is 7.46. The Balaban J connectivity index is 2.33. The summed E-state index contributed by atoms with van der Waals surface area (Å²) in [7, 11) is 1.69. The number of ether oxygens (including phenoxy) is 1. The summed E-state index contributed by atoms with van der Waals surface area (Å²) in [6.45, 7) is 3.00. The van der Waals surface area contributed by atoms with E-state index in [1.165, 1.54) is 4.88 Å². The molecule has 0 saturated heterocycles. The highest BCUT2D eigenvalue weighted by Crippen LogP contribution is 2.33. The second-order valence-electron chi connectivity index (χ2n) is 4.39. The van der Waals surface area contributed by atoms with Gasteiger partial charge in [-0.1, -0.05) is 18.5 Å². The van der Waals surface area contributed by atoms with E-state index in [0.717, 1.165) is 33.8 Å². The van der Waals surface area contributed by atoms with Crippen LogP contribution in [0.3, 0.4) is 0 Å². The van der Waals surface area contributed by atoms with E-state index < -0.39 is 0 Å². The van der Waals surface area contributed by atoms with Crippen LogP contribution in [0.1, 0.15) is 23.4 Å². The zero-order valence-corrected chi connectivity index (χ0v) is 14.6. The first-order chi connectivity index (χ1) is 9.65. The van der Waals surface area contributed by atoms with Crippen LogP contribution in [-0.2, 0) is 6.42 Å². The Hall–Kier alpha value is -0.550. The van der Waals surface area contributed by atoms with E-state index in [4.69, 9.17) is 16.3 Å². The number of methoxy groups -OCH3 is 1. The molecule has 0 saturated carbocycles. The van der Waals surface area contributed by atoms with Crippen LogP contribution in [0.15, 0.2) is 34.1 Å². The van der Waals surface area contributed by atoms with Crippen molar-refractivity contribution in [3.63, 3.8) is 0 Å². The van der Waals surface area contributed by atoms with Crippen LogP contribution in [0.25, 0.3) is 0 Å². The van der Waals surface area contributed by atoms with Crippen molar-refractivity contribution in [2.45, 2.75) is 19.4 Å². The Morgan fingerprint density at radius 1 is 1.40 bits per heavy atom. The van der Waals surface area contributed by atoms with Crippen molar-refractivity contribution in [2.24, 2.45) is 0 Å². The lowest BCUT2D eigenvalue weighted by molar-refractivity contribution is 0.399. The number of benzene rings is 1. The topological polar surface area (TPSA) is 21.3 Å². The SMILES string of the molecule is CCNC(Cc1sccc1Br)c1cc(Cl)ccc1OC. The van der Waals surface area contributed by atoms with Gasteiger partial charge in [0, 0.05) is 32.4 Å². The standard InChI is InChI=1S/C15H17BrClNOS/c1-3-18-13(9-15-12(16)6-7-20-15)11-8-10(17)4-5-14(11)19-2/h4-8,13,18H,3,9H2,1-2H3. The number of halogens is 2. The average Bonchev–Trinajstić information content (AvgIpc) is 2.84. The highest BCUT2D eigenvalue weighted by molar-refractivity contribution is 9.10. The molecule has 2 nitrogen and oxygen atoms in total. The molecular weight excluding hydrogens is 358 g/mol. The molecule has 1 aromatic carbocycles. The summed E-state index contributed by atoms with van der Waals surface area (Å²) >= 11 is 11.5. The number of thiophene rings is 1. The molecule has 0 amide bonds. The van der Waals surface area contributed by atoms with Gasteiger partial charge in [-0.2, -0.15) is 0 Å². The second-order valence-corrected chi connectivity index (χ2v) is 6.68. The molecule has 0 radical (unpaired) electrons. The minimum atomic E-state index is 0.184. The largest absolute Gasteiger partial charge is 0.496 e. The molecule has 0 fully saturated rings. The molecule has 108 valence electrons. The molecule has 0 aliphatic heterocycles. The van der Waals surface area contributed by atoms with Crippen molar-refractivity contribution in [2.75, 3.05) is 13.7 Å². The molecule has 1 N–H and O–H groups in total. The van der Waals surface area contributed by atoms with E-state index in [1.807, 2.05) is 18.2 Å². The van der Waals surface area contributed by atoms with Gasteiger partial charge in [0.1, 0.15) is 5.75 Å². The van der Waals surface area contributed by atoms with Crippen molar-refractivity contribution in [1.29, 1.82) is 0 Å². The van der Waals surface area contributed by atoms with Gasteiger partial charge >= 0.3 is 0 Å². The summed E-state index contributed by atoms with van der Waals surface area (Å²) in [6.07, 6.45) is 0.906. The van der Waals surface area contributed by atoms with Gasteiger partial charge in [-0.25, -0.2) is 0 Å². The highest BCUT2D eigenvalue weighted by Gasteiger charge is 2.18.